The number of carbonyl (C=O) groups excluding carboxylic acids is 2. The fraction of sp³-hybridized carbons (Fsp3) is 0.882. The Morgan fingerprint density at radius 2 is 1.55 bits per heavy atom. The first-order valence-corrected chi connectivity index (χ1v) is 7.85. The topological polar surface area (TPSA) is 46.2 Å². The summed E-state index contributed by atoms with van der Waals surface area (Å²) < 4.78 is 0. The molecule has 0 aromatic carbocycles. The van der Waals surface area contributed by atoms with Gasteiger partial charge in [0.25, 0.3) is 0 Å². The molecule has 0 aromatic rings. The summed E-state index contributed by atoms with van der Waals surface area (Å²) in [5, 5.41) is 3.00. The summed E-state index contributed by atoms with van der Waals surface area (Å²) in [6.07, 6.45) is 5.36. The molecular formula is C17H31NO2. The highest BCUT2D eigenvalue weighted by Gasteiger charge is 2.38. The fourth-order valence-corrected chi connectivity index (χ4v) is 2.80. The van der Waals surface area contributed by atoms with Gasteiger partial charge in [-0.1, -0.05) is 54.4 Å². The maximum Gasteiger partial charge on any atom is 0.220 e. The van der Waals surface area contributed by atoms with E-state index in [1.807, 2.05) is 41.5 Å². The number of hydrogen-bond acceptors (Lipinski definition) is 2. The number of nitrogens with one attached hydrogen (secondary N) is 1. The summed E-state index contributed by atoms with van der Waals surface area (Å²) in [6, 6.07) is -0.406. The van der Waals surface area contributed by atoms with Gasteiger partial charge in [-0.05, 0) is 24.2 Å². The fourth-order valence-electron chi connectivity index (χ4n) is 2.80. The Kier molecular flexibility index (Phi) is 5.39. The van der Waals surface area contributed by atoms with E-state index in [-0.39, 0.29) is 17.1 Å². The average Bonchev–Trinajstić information content (AvgIpc) is 2.74. The van der Waals surface area contributed by atoms with Crippen molar-refractivity contribution in [2.45, 2.75) is 79.7 Å². The van der Waals surface area contributed by atoms with Gasteiger partial charge in [0.05, 0.1) is 6.04 Å². The molecule has 1 fully saturated rings. The minimum absolute atomic E-state index is 0.0365. The van der Waals surface area contributed by atoms with Crippen molar-refractivity contribution in [1.82, 2.24) is 5.32 Å². The third-order valence-corrected chi connectivity index (χ3v) is 4.12. The average molecular weight is 281 g/mol. The van der Waals surface area contributed by atoms with Gasteiger partial charge < -0.3 is 5.32 Å². The van der Waals surface area contributed by atoms with Crippen LogP contribution in [0, 0.1) is 16.7 Å². The van der Waals surface area contributed by atoms with Gasteiger partial charge in [0.1, 0.15) is 0 Å². The van der Waals surface area contributed by atoms with Gasteiger partial charge in [-0.2, -0.15) is 0 Å². The summed E-state index contributed by atoms with van der Waals surface area (Å²) in [7, 11) is 0. The Labute approximate surface area is 123 Å². The largest absolute Gasteiger partial charge is 0.346 e. The number of rotatable bonds is 4. The molecule has 0 radical (unpaired) electrons. The van der Waals surface area contributed by atoms with Crippen LogP contribution in [0.2, 0.25) is 0 Å². The first-order chi connectivity index (χ1) is 9.01. The van der Waals surface area contributed by atoms with E-state index in [1.165, 1.54) is 12.8 Å². The summed E-state index contributed by atoms with van der Waals surface area (Å²) in [5.41, 5.74) is -0.686. The smallest absolute Gasteiger partial charge is 0.220 e. The predicted molar refractivity (Wildman–Crippen MR) is 82.4 cm³/mol. The molecule has 1 unspecified atom stereocenters. The van der Waals surface area contributed by atoms with Crippen molar-refractivity contribution in [3.63, 3.8) is 0 Å². The van der Waals surface area contributed by atoms with Gasteiger partial charge >= 0.3 is 0 Å². The maximum atomic E-state index is 12.6. The van der Waals surface area contributed by atoms with Crippen molar-refractivity contribution in [3.8, 4) is 0 Å². The third kappa shape index (κ3) is 4.92. The molecule has 20 heavy (non-hydrogen) atoms. The van der Waals surface area contributed by atoms with E-state index in [1.54, 1.807) is 0 Å². The van der Waals surface area contributed by atoms with Crippen LogP contribution in [0.3, 0.4) is 0 Å². The number of hydrogen-bond donors (Lipinski definition) is 1. The minimum Gasteiger partial charge on any atom is -0.346 e. The second-order valence-electron chi connectivity index (χ2n) is 8.34. The van der Waals surface area contributed by atoms with Crippen molar-refractivity contribution in [1.29, 1.82) is 0 Å². The number of amides is 1. The number of carbonyl (C=O) groups is 2. The van der Waals surface area contributed by atoms with Crippen LogP contribution in [-0.2, 0) is 9.59 Å². The van der Waals surface area contributed by atoms with Gasteiger partial charge in [0.2, 0.25) is 5.91 Å². The molecule has 3 nitrogen and oxygen atoms in total. The van der Waals surface area contributed by atoms with E-state index < -0.39 is 11.5 Å². The summed E-state index contributed by atoms with van der Waals surface area (Å²) >= 11 is 0. The van der Waals surface area contributed by atoms with E-state index in [9.17, 15) is 9.59 Å². The number of ketones is 1. The zero-order chi connectivity index (χ0) is 15.6. The zero-order valence-corrected chi connectivity index (χ0v) is 14.0. The van der Waals surface area contributed by atoms with Crippen molar-refractivity contribution >= 4 is 11.7 Å². The van der Waals surface area contributed by atoms with E-state index in [0.717, 1.165) is 12.8 Å². The van der Waals surface area contributed by atoms with Gasteiger partial charge in [0, 0.05) is 11.8 Å². The molecule has 1 rings (SSSR count). The van der Waals surface area contributed by atoms with Crippen LogP contribution in [0.25, 0.3) is 0 Å². The number of Topliss-reactive ketones (excluding diaryl/α,β-unsaturated/α-hetero) is 1. The molecule has 116 valence electrons. The van der Waals surface area contributed by atoms with Crippen LogP contribution in [0.1, 0.15) is 73.6 Å². The Balaban J connectivity index is 2.70. The van der Waals surface area contributed by atoms with E-state index >= 15 is 0 Å². The first-order valence-electron chi connectivity index (χ1n) is 7.85. The van der Waals surface area contributed by atoms with Crippen LogP contribution in [0.5, 0.6) is 0 Å². The Hall–Kier alpha value is -0.860. The van der Waals surface area contributed by atoms with Crippen molar-refractivity contribution in [3.05, 3.63) is 0 Å². The van der Waals surface area contributed by atoms with Gasteiger partial charge in [-0.15, -0.1) is 0 Å². The monoisotopic (exact) mass is 281 g/mol. The molecule has 0 spiro atoms. The Morgan fingerprint density at radius 1 is 1.05 bits per heavy atom. The van der Waals surface area contributed by atoms with Crippen LogP contribution in [0.15, 0.2) is 0 Å². The van der Waals surface area contributed by atoms with Crippen molar-refractivity contribution < 1.29 is 9.59 Å². The summed E-state index contributed by atoms with van der Waals surface area (Å²) in [5.74, 6) is 0.666. The van der Waals surface area contributed by atoms with Crippen LogP contribution in [0.4, 0.5) is 0 Å². The van der Waals surface area contributed by atoms with Crippen LogP contribution >= 0.6 is 0 Å². The molecule has 1 amide bonds. The lowest BCUT2D eigenvalue weighted by atomic mass is 9.75. The van der Waals surface area contributed by atoms with E-state index in [4.69, 9.17) is 0 Å². The highest BCUT2D eigenvalue weighted by atomic mass is 16.2. The highest BCUT2D eigenvalue weighted by Crippen LogP contribution is 2.30. The molecular weight excluding hydrogens is 250 g/mol. The Bertz CT molecular complexity index is 354. The standard InChI is InChI=1S/C17H31NO2/c1-16(2,3)14(15(20)17(4,5)6)18-13(19)11-12-9-7-8-10-12/h12,14H,7-11H2,1-6H3,(H,18,19). The molecule has 1 saturated carbocycles. The molecule has 0 bridgehead atoms. The second-order valence-corrected chi connectivity index (χ2v) is 8.34. The van der Waals surface area contributed by atoms with E-state index in [0.29, 0.717) is 12.3 Å². The molecule has 1 aliphatic rings. The van der Waals surface area contributed by atoms with Gasteiger partial charge in [-0.25, -0.2) is 0 Å². The Morgan fingerprint density at radius 3 is 1.95 bits per heavy atom. The molecule has 1 aliphatic carbocycles. The second kappa shape index (κ2) is 6.28. The molecule has 1 N–H and O–H groups in total. The minimum atomic E-state index is -0.432. The highest BCUT2D eigenvalue weighted by molar-refractivity contribution is 5.93. The molecule has 1 atom stereocenters. The van der Waals surface area contributed by atoms with Gasteiger partial charge in [-0.3, -0.25) is 9.59 Å². The predicted octanol–water partition coefficient (Wildman–Crippen LogP) is 3.71. The SMILES string of the molecule is CC(C)(C)C(=O)C(NC(=O)CC1CCCC1)C(C)(C)C. The summed E-state index contributed by atoms with van der Waals surface area (Å²) in [6.45, 7) is 11.8. The van der Waals surface area contributed by atoms with Crippen molar-refractivity contribution in [2.75, 3.05) is 0 Å². The lowest BCUT2D eigenvalue weighted by Crippen LogP contribution is -2.52. The first kappa shape index (κ1) is 17.2. The lowest BCUT2D eigenvalue weighted by Gasteiger charge is -2.35. The van der Waals surface area contributed by atoms with E-state index in [2.05, 4.69) is 5.32 Å². The third-order valence-electron chi connectivity index (χ3n) is 4.12. The van der Waals surface area contributed by atoms with Crippen molar-refractivity contribution in [2.24, 2.45) is 16.7 Å². The normalized spacial score (nSPS) is 18.9. The maximum absolute atomic E-state index is 12.6. The lowest BCUT2D eigenvalue weighted by molar-refractivity contribution is -0.135. The molecule has 3 heteroatoms. The molecule has 0 aromatic heterocycles. The van der Waals surface area contributed by atoms with Crippen LogP contribution < -0.4 is 5.32 Å². The molecule has 0 saturated heterocycles. The molecule has 0 aliphatic heterocycles. The summed E-state index contributed by atoms with van der Waals surface area (Å²) in [4.78, 5) is 24.8. The molecule has 0 heterocycles. The van der Waals surface area contributed by atoms with Gasteiger partial charge in [0.15, 0.2) is 5.78 Å². The quantitative estimate of drug-likeness (QED) is 0.853. The zero-order valence-electron chi connectivity index (χ0n) is 14.0. The van der Waals surface area contributed by atoms with Crippen LogP contribution in [-0.4, -0.2) is 17.7 Å².